The molecule has 0 aromatic heterocycles. The van der Waals surface area contributed by atoms with Crippen molar-refractivity contribution in [2.24, 2.45) is 5.10 Å². The van der Waals surface area contributed by atoms with Crippen LogP contribution in [0.5, 0.6) is 17.2 Å². The van der Waals surface area contributed by atoms with E-state index in [1.165, 1.54) is 0 Å². The van der Waals surface area contributed by atoms with E-state index < -0.39 is 0 Å². The molecule has 0 saturated heterocycles. The Labute approximate surface area is 231 Å². The Balaban J connectivity index is 1.31. The Morgan fingerprint density at radius 3 is 1.97 bits per heavy atom. The molecule has 0 saturated carbocycles. The molecule has 6 nitrogen and oxygen atoms in total. The highest BCUT2D eigenvalue weighted by atomic mass is 35.5. The summed E-state index contributed by atoms with van der Waals surface area (Å²) in [6.07, 6.45) is 1.55. The Morgan fingerprint density at radius 1 is 0.763 bits per heavy atom. The molecule has 194 valence electrons. The smallest absolute Gasteiger partial charge is 0.271 e. The van der Waals surface area contributed by atoms with E-state index in [1.807, 2.05) is 73.7 Å². The van der Waals surface area contributed by atoms with Gasteiger partial charge < -0.3 is 14.2 Å². The van der Waals surface area contributed by atoms with E-state index in [9.17, 15) is 4.79 Å². The first-order chi connectivity index (χ1) is 18.5. The van der Waals surface area contributed by atoms with Crippen LogP contribution in [0.3, 0.4) is 0 Å². The van der Waals surface area contributed by atoms with Crippen molar-refractivity contribution in [1.82, 2.24) is 5.43 Å². The molecular weight excluding hydrogens is 523 g/mol. The van der Waals surface area contributed by atoms with Gasteiger partial charge in [-0.2, -0.15) is 5.10 Å². The predicted molar refractivity (Wildman–Crippen MR) is 151 cm³/mol. The van der Waals surface area contributed by atoms with Gasteiger partial charge in [0.05, 0.1) is 12.8 Å². The molecule has 4 rings (SSSR count). The van der Waals surface area contributed by atoms with Crippen LogP contribution in [0.25, 0.3) is 0 Å². The first kappa shape index (κ1) is 27.0. The van der Waals surface area contributed by atoms with Gasteiger partial charge in [-0.25, -0.2) is 5.43 Å². The lowest BCUT2D eigenvalue weighted by atomic mass is 10.2. The second-order valence-electron chi connectivity index (χ2n) is 8.19. The minimum Gasteiger partial charge on any atom is -0.490 e. The summed E-state index contributed by atoms with van der Waals surface area (Å²) in [4.78, 5) is 12.5. The molecule has 0 aliphatic heterocycles. The van der Waals surface area contributed by atoms with E-state index in [4.69, 9.17) is 37.4 Å². The number of hydrazone groups is 1. The van der Waals surface area contributed by atoms with Crippen LogP contribution in [0.1, 0.15) is 34.0 Å². The number of carbonyl (C=O) groups is 1. The van der Waals surface area contributed by atoms with Crippen LogP contribution in [-0.4, -0.2) is 18.7 Å². The van der Waals surface area contributed by atoms with Gasteiger partial charge in [-0.15, -0.1) is 0 Å². The van der Waals surface area contributed by atoms with Crippen molar-refractivity contribution in [2.75, 3.05) is 6.61 Å². The maximum Gasteiger partial charge on any atom is 0.271 e. The lowest BCUT2D eigenvalue weighted by Crippen LogP contribution is -2.17. The van der Waals surface area contributed by atoms with Crippen molar-refractivity contribution in [3.8, 4) is 17.2 Å². The van der Waals surface area contributed by atoms with Gasteiger partial charge in [0.15, 0.2) is 11.5 Å². The lowest BCUT2D eigenvalue weighted by Gasteiger charge is -2.12. The average Bonchev–Trinajstić information content (AvgIpc) is 2.93. The van der Waals surface area contributed by atoms with E-state index in [0.717, 1.165) is 16.7 Å². The normalized spacial score (nSPS) is 10.8. The van der Waals surface area contributed by atoms with Gasteiger partial charge in [-0.1, -0.05) is 47.5 Å². The Hall–Kier alpha value is -4.00. The third-order valence-corrected chi connectivity index (χ3v) is 5.89. The number of carbonyl (C=O) groups excluding carboxylic acids is 1. The molecule has 0 bridgehead atoms. The Morgan fingerprint density at radius 2 is 1.37 bits per heavy atom. The standard InChI is InChI=1S/C30H26Cl2N2O4/c1-2-36-29-17-23(7-16-28(29)38-20-22-5-12-26(32)13-6-22)18-33-34-30(35)24-8-14-27(15-9-24)37-19-21-3-10-25(31)11-4-21/h3-18H,2,19-20H2,1H3,(H,34,35)/b33-18-. The molecule has 0 aliphatic carbocycles. The van der Waals surface area contributed by atoms with Crippen LogP contribution in [0, 0.1) is 0 Å². The summed E-state index contributed by atoms with van der Waals surface area (Å²) in [6.45, 7) is 3.17. The van der Waals surface area contributed by atoms with Gasteiger partial charge >= 0.3 is 0 Å². The molecule has 0 fully saturated rings. The van der Waals surface area contributed by atoms with E-state index in [2.05, 4.69) is 10.5 Å². The first-order valence-corrected chi connectivity index (χ1v) is 12.7. The summed E-state index contributed by atoms with van der Waals surface area (Å²) in [6, 6.07) is 27.2. The summed E-state index contributed by atoms with van der Waals surface area (Å²) in [5.74, 6) is 1.52. The fourth-order valence-electron chi connectivity index (χ4n) is 3.41. The molecule has 1 N–H and O–H groups in total. The first-order valence-electron chi connectivity index (χ1n) is 11.9. The minimum absolute atomic E-state index is 0.335. The maximum absolute atomic E-state index is 12.5. The molecule has 1 amide bonds. The summed E-state index contributed by atoms with van der Waals surface area (Å²) in [7, 11) is 0. The van der Waals surface area contributed by atoms with Gasteiger partial charge in [0, 0.05) is 15.6 Å². The molecule has 0 heterocycles. The largest absolute Gasteiger partial charge is 0.490 e. The monoisotopic (exact) mass is 548 g/mol. The highest BCUT2D eigenvalue weighted by Gasteiger charge is 2.08. The zero-order chi connectivity index (χ0) is 26.7. The number of rotatable bonds is 11. The molecule has 0 radical (unpaired) electrons. The second kappa shape index (κ2) is 13.5. The number of benzene rings is 4. The molecule has 4 aromatic rings. The number of nitrogens with one attached hydrogen (secondary N) is 1. The fraction of sp³-hybridized carbons (Fsp3) is 0.133. The Kier molecular flexibility index (Phi) is 9.62. The van der Waals surface area contributed by atoms with E-state index >= 15 is 0 Å². The van der Waals surface area contributed by atoms with Crippen LogP contribution in [0.2, 0.25) is 10.0 Å². The van der Waals surface area contributed by atoms with Crippen LogP contribution in [0.4, 0.5) is 0 Å². The van der Waals surface area contributed by atoms with Gasteiger partial charge in [0.1, 0.15) is 19.0 Å². The molecule has 0 spiro atoms. The third kappa shape index (κ3) is 8.00. The summed E-state index contributed by atoms with van der Waals surface area (Å²) < 4.78 is 17.4. The van der Waals surface area contributed by atoms with Crippen LogP contribution < -0.4 is 19.6 Å². The zero-order valence-electron chi connectivity index (χ0n) is 20.7. The van der Waals surface area contributed by atoms with Crippen LogP contribution in [-0.2, 0) is 13.2 Å². The number of hydrogen-bond donors (Lipinski definition) is 1. The van der Waals surface area contributed by atoms with Crippen molar-refractivity contribution in [3.05, 3.63) is 123 Å². The highest BCUT2D eigenvalue weighted by molar-refractivity contribution is 6.30. The number of nitrogens with zero attached hydrogens (tertiary/aromatic N) is 1. The van der Waals surface area contributed by atoms with Gasteiger partial charge in [-0.3, -0.25) is 4.79 Å². The lowest BCUT2D eigenvalue weighted by molar-refractivity contribution is 0.0955. The number of halogens is 2. The van der Waals surface area contributed by atoms with Crippen molar-refractivity contribution in [2.45, 2.75) is 20.1 Å². The van der Waals surface area contributed by atoms with E-state index in [-0.39, 0.29) is 5.91 Å². The second-order valence-corrected chi connectivity index (χ2v) is 9.07. The fourth-order valence-corrected chi connectivity index (χ4v) is 3.67. The van der Waals surface area contributed by atoms with E-state index in [0.29, 0.717) is 52.7 Å². The van der Waals surface area contributed by atoms with Gasteiger partial charge in [0.2, 0.25) is 0 Å². The van der Waals surface area contributed by atoms with Crippen LogP contribution >= 0.6 is 23.2 Å². The third-order valence-electron chi connectivity index (χ3n) is 5.39. The SMILES string of the molecule is CCOc1cc(/C=N\NC(=O)c2ccc(OCc3ccc(Cl)cc3)cc2)ccc1OCc1ccc(Cl)cc1. The predicted octanol–water partition coefficient (Wildman–Crippen LogP) is 7.31. The summed E-state index contributed by atoms with van der Waals surface area (Å²) >= 11 is 11.8. The quantitative estimate of drug-likeness (QED) is 0.157. The summed E-state index contributed by atoms with van der Waals surface area (Å²) in [5.41, 5.74) is 5.74. The molecule has 0 atom stereocenters. The molecule has 8 heteroatoms. The summed E-state index contributed by atoms with van der Waals surface area (Å²) in [5, 5.41) is 5.44. The molecule has 4 aromatic carbocycles. The van der Waals surface area contributed by atoms with Gasteiger partial charge in [0.25, 0.3) is 5.91 Å². The van der Waals surface area contributed by atoms with Gasteiger partial charge in [-0.05, 0) is 90.3 Å². The maximum atomic E-state index is 12.5. The molecule has 38 heavy (non-hydrogen) atoms. The van der Waals surface area contributed by atoms with Crippen LogP contribution in [0.15, 0.2) is 96.1 Å². The number of ether oxygens (including phenoxy) is 3. The van der Waals surface area contributed by atoms with Crippen molar-refractivity contribution in [3.63, 3.8) is 0 Å². The van der Waals surface area contributed by atoms with Crippen molar-refractivity contribution in [1.29, 1.82) is 0 Å². The zero-order valence-corrected chi connectivity index (χ0v) is 22.2. The topological polar surface area (TPSA) is 69.2 Å². The Bertz CT molecular complexity index is 1370. The number of amides is 1. The highest BCUT2D eigenvalue weighted by Crippen LogP contribution is 2.29. The van der Waals surface area contributed by atoms with Crippen molar-refractivity contribution >= 4 is 35.3 Å². The number of hydrogen-bond acceptors (Lipinski definition) is 5. The molecular formula is C30H26Cl2N2O4. The molecule has 0 unspecified atom stereocenters. The average molecular weight is 549 g/mol. The molecule has 0 aliphatic rings. The van der Waals surface area contributed by atoms with Crippen molar-refractivity contribution < 1.29 is 19.0 Å². The van der Waals surface area contributed by atoms with E-state index in [1.54, 1.807) is 30.5 Å². The minimum atomic E-state index is -0.335.